The van der Waals surface area contributed by atoms with Crippen molar-refractivity contribution in [2.45, 2.75) is 25.6 Å². The Labute approximate surface area is 127 Å². The van der Waals surface area contributed by atoms with Crippen LogP contribution in [0.25, 0.3) is 0 Å². The van der Waals surface area contributed by atoms with Crippen molar-refractivity contribution in [3.05, 3.63) is 40.5 Å². The molecular formula is C13H20N6O3. The third-order valence-corrected chi connectivity index (χ3v) is 3.60. The van der Waals surface area contributed by atoms with E-state index in [-0.39, 0.29) is 18.3 Å². The molecule has 0 aliphatic carbocycles. The van der Waals surface area contributed by atoms with Gasteiger partial charge < -0.3 is 5.11 Å². The summed E-state index contributed by atoms with van der Waals surface area (Å²) < 4.78 is 3.12. The van der Waals surface area contributed by atoms with Crippen LogP contribution in [0.1, 0.15) is 18.5 Å². The number of nitrogens with zero attached hydrogens (tertiary/aromatic N) is 6. The lowest BCUT2D eigenvalue weighted by atomic mass is 10.1. The molecule has 9 nitrogen and oxygen atoms in total. The average molecular weight is 308 g/mol. The van der Waals surface area contributed by atoms with Gasteiger partial charge in [0.1, 0.15) is 12.4 Å². The third kappa shape index (κ3) is 3.89. The Kier molecular flexibility index (Phi) is 4.88. The Hall–Kier alpha value is -2.26. The summed E-state index contributed by atoms with van der Waals surface area (Å²) in [7, 11) is 3.77. The molecule has 2 heterocycles. The van der Waals surface area contributed by atoms with Crippen LogP contribution in [0.2, 0.25) is 0 Å². The van der Waals surface area contributed by atoms with E-state index in [1.165, 1.54) is 17.1 Å². The summed E-state index contributed by atoms with van der Waals surface area (Å²) in [6.07, 6.45) is 5.54. The molecule has 0 saturated carbocycles. The number of likely N-dealkylation sites (N-methyl/N-ethyl adjacent to an activating group) is 1. The van der Waals surface area contributed by atoms with Crippen molar-refractivity contribution in [1.29, 1.82) is 0 Å². The molecule has 2 rings (SSSR count). The fourth-order valence-corrected chi connectivity index (χ4v) is 2.22. The SMILES string of the molecule is CC(c1cnn(C)c1)N(C)CC(O)Cn1cc([N+](=O)[O-])cn1. The van der Waals surface area contributed by atoms with Gasteiger partial charge in [0.2, 0.25) is 0 Å². The molecule has 0 aliphatic rings. The van der Waals surface area contributed by atoms with E-state index in [1.807, 2.05) is 32.1 Å². The van der Waals surface area contributed by atoms with E-state index in [1.54, 1.807) is 10.9 Å². The second-order valence-electron chi connectivity index (χ2n) is 5.39. The highest BCUT2D eigenvalue weighted by Crippen LogP contribution is 2.18. The number of hydrogen-bond acceptors (Lipinski definition) is 6. The van der Waals surface area contributed by atoms with Crippen molar-refractivity contribution in [1.82, 2.24) is 24.5 Å². The smallest absolute Gasteiger partial charge is 0.306 e. The van der Waals surface area contributed by atoms with E-state index in [4.69, 9.17) is 0 Å². The van der Waals surface area contributed by atoms with E-state index in [0.29, 0.717) is 6.54 Å². The van der Waals surface area contributed by atoms with Crippen molar-refractivity contribution in [2.75, 3.05) is 13.6 Å². The van der Waals surface area contributed by atoms with Gasteiger partial charge in [-0.25, -0.2) is 0 Å². The second-order valence-corrected chi connectivity index (χ2v) is 5.39. The Morgan fingerprint density at radius 2 is 2.14 bits per heavy atom. The van der Waals surface area contributed by atoms with Gasteiger partial charge >= 0.3 is 5.69 Å². The van der Waals surface area contributed by atoms with Crippen molar-refractivity contribution in [2.24, 2.45) is 7.05 Å². The first-order valence-electron chi connectivity index (χ1n) is 6.90. The van der Waals surface area contributed by atoms with Crippen molar-refractivity contribution in [3.63, 3.8) is 0 Å². The average Bonchev–Trinajstić information content (AvgIpc) is 3.06. The molecule has 0 bridgehead atoms. The highest BCUT2D eigenvalue weighted by molar-refractivity contribution is 5.20. The van der Waals surface area contributed by atoms with Crippen LogP contribution >= 0.6 is 0 Å². The molecule has 0 amide bonds. The highest BCUT2D eigenvalue weighted by atomic mass is 16.6. The van der Waals surface area contributed by atoms with Gasteiger partial charge in [-0.2, -0.15) is 10.2 Å². The standard InChI is InChI=1S/C13H20N6O3/c1-10(11-4-14-17(3)6-11)16(2)8-13(20)9-18-7-12(5-15-18)19(21)22/h4-7,10,13,20H,8-9H2,1-3H3. The number of aromatic nitrogens is 4. The summed E-state index contributed by atoms with van der Waals surface area (Å²) >= 11 is 0. The summed E-state index contributed by atoms with van der Waals surface area (Å²) in [5.74, 6) is 0. The minimum absolute atomic E-state index is 0.0794. The lowest BCUT2D eigenvalue weighted by Gasteiger charge is -2.26. The molecular weight excluding hydrogens is 288 g/mol. The molecule has 0 aliphatic heterocycles. The third-order valence-electron chi connectivity index (χ3n) is 3.60. The van der Waals surface area contributed by atoms with Crippen LogP contribution < -0.4 is 0 Å². The molecule has 0 aromatic carbocycles. The monoisotopic (exact) mass is 308 g/mol. The van der Waals surface area contributed by atoms with Crippen LogP contribution in [-0.4, -0.2) is 54.2 Å². The summed E-state index contributed by atoms with van der Waals surface area (Å²) in [6, 6.07) is 0.107. The fraction of sp³-hybridized carbons (Fsp3) is 0.538. The predicted molar refractivity (Wildman–Crippen MR) is 79.1 cm³/mol. The molecule has 0 saturated heterocycles. The molecule has 1 N–H and O–H groups in total. The van der Waals surface area contributed by atoms with Gasteiger partial charge in [0.25, 0.3) is 0 Å². The summed E-state index contributed by atoms with van der Waals surface area (Å²) in [5.41, 5.74) is 0.983. The molecule has 0 radical (unpaired) electrons. The number of aliphatic hydroxyl groups excluding tert-OH is 1. The quantitative estimate of drug-likeness (QED) is 0.593. The van der Waals surface area contributed by atoms with E-state index in [9.17, 15) is 15.2 Å². The Morgan fingerprint density at radius 3 is 2.68 bits per heavy atom. The Balaban J connectivity index is 1.90. The summed E-state index contributed by atoms with van der Waals surface area (Å²) in [4.78, 5) is 12.1. The first kappa shape index (κ1) is 16.1. The van der Waals surface area contributed by atoms with Crippen LogP contribution in [-0.2, 0) is 13.6 Å². The zero-order valence-electron chi connectivity index (χ0n) is 12.8. The van der Waals surface area contributed by atoms with Crippen molar-refractivity contribution >= 4 is 5.69 Å². The minimum Gasteiger partial charge on any atom is -0.390 e. The zero-order valence-corrected chi connectivity index (χ0v) is 12.8. The van der Waals surface area contributed by atoms with Gasteiger partial charge in [-0.05, 0) is 14.0 Å². The minimum atomic E-state index is -0.677. The number of hydrogen-bond donors (Lipinski definition) is 1. The summed E-state index contributed by atoms with van der Waals surface area (Å²) in [5, 5.41) is 28.7. The maximum Gasteiger partial charge on any atom is 0.306 e. The van der Waals surface area contributed by atoms with Crippen LogP contribution in [0.5, 0.6) is 0 Å². The molecule has 0 spiro atoms. The molecule has 2 aromatic rings. The van der Waals surface area contributed by atoms with E-state index in [0.717, 1.165) is 5.56 Å². The largest absolute Gasteiger partial charge is 0.390 e. The van der Waals surface area contributed by atoms with E-state index >= 15 is 0 Å². The lowest BCUT2D eigenvalue weighted by Crippen LogP contribution is -2.33. The van der Waals surface area contributed by atoms with Gasteiger partial charge in [0.15, 0.2) is 0 Å². The first-order valence-corrected chi connectivity index (χ1v) is 6.90. The van der Waals surface area contributed by atoms with Gasteiger partial charge in [-0.1, -0.05) is 0 Å². The number of aryl methyl sites for hydroxylation is 1. The maximum absolute atomic E-state index is 10.6. The molecule has 22 heavy (non-hydrogen) atoms. The zero-order chi connectivity index (χ0) is 16.3. The Bertz CT molecular complexity index is 637. The topological polar surface area (TPSA) is 102 Å². The molecule has 2 atom stereocenters. The van der Waals surface area contributed by atoms with Gasteiger partial charge in [-0.15, -0.1) is 0 Å². The van der Waals surface area contributed by atoms with E-state index in [2.05, 4.69) is 10.2 Å². The molecule has 120 valence electrons. The first-order chi connectivity index (χ1) is 10.4. The Morgan fingerprint density at radius 1 is 1.41 bits per heavy atom. The van der Waals surface area contributed by atoms with Crippen LogP contribution in [0.15, 0.2) is 24.8 Å². The fourth-order valence-electron chi connectivity index (χ4n) is 2.22. The van der Waals surface area contributed by atoms with Gasteiger partial charge in [0, 0.05) is 31.4 Å². The number of rotatable bonds is 7. The molecule has 9 heteroatoms. The normalized spacial score (nSPS) is 14.2. The van der Waals surface area contributed by atoms with Crippen LogP contribution in [0.3, 0.4) is 0 Å². The maximum atomic E-state index is 10.6. The highest BCUT2D eigenvalue weighted by Gasteiger charge is 2.18. The second kappa shape index (κ2) is 6.67. The molecule has 2 aromatic heterocycles. The van der Waals surface area contributed by atoms with Gasteiger partial charge in [0.05, 0.1) is 23.8 Å². The molecule has 2 unspecified atom stereocenters. The van der Waals surface area contributed by atoms with E-state index < -0.39 is 11.0 Å². The number of nitro groups is 1. The van der Waals surface area contributed by atoms with Crippen molar-refractivity contribution < 1.29 is 10.0 Å². The molecule has 0 fully saturated rings. The lowest BCUT2D eigenvalue weighted by molar-refractivity contribution is -0.385. The van der Waals surface area contributed by atoms with Crippen LogP contribution in [0, 0.1) is 10.1 Å². The summed E-state index contributed by atoms with van der Waals surface area (Å²) in [6.45, 7) is 2.66. The number of aliphatic hydroxyl groups is 1. The van der Waals surface area contributed by atoms with Crippen LogP contribution in [0.4, 0.5) is 5.69 Å². The predicted octanol–water partition coefficient (Wildman–Crippen LogP) is 0.579. The van der Waals surface area contributed by atoms with Gasteiger partial charge in [-0.3, -0.25) is 24.4 Å². The van der Waals surface area contributed by atoms with Crippen molar-refractivity contribution in [3.8, 4) is 0 Å².